The lowest BCUT2D eigenvalue weighted by atomic mass is 10.3. The third kappa shape index (κ3) is 5.73. The van der Waals surface area contributed by atoms with Crippen LogP contribution in [-0.4, -0.2) is 42.8 Å². The Morgan fingerprint density at radius 3 is 2.13 bits per heavy atom. The molecule has 0 aromatic carbocycles. The lowest BCUT2D eigenvalue weighted by molar-refractivity contribution is -0.250. The molecule has 0 aliphatic carbocycles. The van der Waals surface area contributed by atoms with Crippen LogP contribution in [0.1, 0.15) is 12.8 Å². The second-order valence-electron chi connectivity index (χ2n) is 2.97. The first-order chi connectivity index (χ1) is 7.10. The van der Waals surface area contributed by atoms with E-state index in [0.29, 0.717) is 19.0 Å². The summed E-state index contributed by atoms with van der Waals surface area (Å²) < 4.78 is 15.6. The van der Waals surface area contributed by atoms with E-state index in [1.54, 1.807) is 21.3 Å². The summed E-state index contributed by atoms with van der Waals surface area (Å²) in [4.78, 5) is 10.0. The Bertz CT molecular complexity index is 178. The minimum absolute atomic E-state index is 0.379. The fraction of sp³-hybridized carbons (Fsp3) is 0.875. The molecule has 0 aromatic rings. The van der Waals surface area contributed by atoms with Crippen LogP contribution in [-0.2, 0) is 13.3 Å². The number of carbonyl (C=O) groups is 1. The van der Waals surface area contributed by atoms with E-state index in [0.717, 1.165) is 6.42 Å². The summed E-state index contributed by atoms with van der Waals surface area (Å²) in [6.45, 7) is 0.379. The molecular weight excluding hydrogens is 218 g/mol. The van der Waals surface area contributed by atoms with E-state index in [-0.39, 0.29) is 0 Å². The first-order valence-corrected chi connectivity index (χ1v) is 6.63. The van der Waals surface area contributed by atoms with Crippen molar-refractivity contribution < 1.29 is 23.2 Å². The molecule has 1 N–H and O–H groups in total. The third-order valence-corrected chi connectivity index (χ3v) is 4.94. The van der Waals surface area contributed by atoms with Gasteiger partial charge < -0.3 is 28.5 Å². The highest BCUT2D eigenvalue weighted by atomic mass is 28.4. The Labute approximate surface area is 90.9 Å². The maximum atomic E-state index is 10.0. The first kappa shape index (κ1) is 14.4. The zero-order chi connectivity index (χ0) is 11.7. The van der Waals surface area contributed by atoms with E-state index in [4.69, 9.17) is 13.3 Å². The second kappa shape index (κ2) is 7.63. The Balaban J connectivity index is 3.67. The molecule has 15 heavy (non-hydrogen) atoms. The number of nitrogens with one attached hydrogen (secondary N) is 1. The molecule has 6 nitrogen and oxygen atoms in total. The largest absolute Gasteiger partial charge is 0.530 e. The Morgan fingerprint density at radius 1 is 1.20 bits per heavy atom. The SMILES string of the molecule is CO[Si](CCCCNC(=O)[O-])(OC)OC. The average molecular weight is 236 g/mol. The van der Waals surface area contributed by atoms with Crippen LogP contribution in [0.2, 0.25) is 6.04 Å². The molecule has 0 aliphatic heterocycles. The number of hydrogen-bond donors (Lipinski definition) is 1. The van der Waals surface area contributed by atoms with Gasteiger partial charge in [0, 0.05) is 33.9 Å². The van der Waals surface area contributed by atoms with E-state index in [9.17, 15) is 9.90 Å². The molecule has 0 aliphatic rings. The van der Waals surface area contributed by atoms with Crippen molar-refractivity contribution in [2.45, 2.75) is 18.9 Å². The van der Waals surface area contributed by atoms with Crippen molar-refractivity contribution in [3.05, 3.63) is 0 Å². The molecule has 0 radical (unpaired) electrons. The van der Waals surface area contributed by atoms with Crippen LogP contribution < -0.4 is 10.4 Å². The predicted molar refractivity (Wildman–Crippen MR) is 54.2 cm³/mol. The van der Waals surface area contributed by atoms with Crippen LogP contribution >= 0.6 is 0 Å². The molecule has 0 unspecified atom stereocenters. The summed E-state index contributed by atoms with van der Waals surface area (Å²) in [6.07, 6.45) is 0.240. The molecule has 0 saturated carbocycles. The summed E-state index contributed by atoms with van der Waals surface area (Å²) in [7, 11) is 2.18. The van der Waals surface area contributed by atoms with Crippen molar-refractivity contribution in [1.29, 1.82) is 0 Å². The number of hydrogen-bond acceptors (Lipinski definition) is 5. The van der Waals surface area contributed by atoms with Crippen molar-refractivity contribution in [2.24, 2.45) is 0 Å². The van der Waals surface area contributed by atoms with Crippen LogP contribution in [0.15, 0.2) is 0 Å². The van der Waals surface area contributed by atoms with Crippen molar-refractivity contribution >= 4 is 14.9 Å². The average Bonchev–Trinajstić information content (AvgIpc) is 2.24. The van der Waals surface area contributed by atoms with Crippen molar-refractivity contribution in [1.82, 2.24) is 5.32 Å². The molecule has 0 atom stereocenters. The summed E-state index contributed by atoms with van der Waals surface area (Å²) in [5, 5.41) is 12.2. The fourth-order valence-corrected chi connectivity index (χ4v) is 3.01. The van der Waals surface area contributed by atoms with Gasteiger partial charge in [0.15, 0.2) is 0 Å². The van der Waals surface area contributed by atoms with Gasteiger partial charge >= 0.3 is 8.80 Å². The third-order valence-electron chi connectivity index (χ3n) is 2.11. The number of unbranched alkanes of at least 4 members (excludes halogenated alkanes) is 1. The van der Waals surface area contributed by atoms with Gasteiger partial charge in [0.2, 0.25) is 0 Å². The van der Waals surface area contributed by atoms with Crippen molar-refractivity contribution in [2.75, 3.05) is 27.9 Å². The van der Waals surface area contributed by atoms with E-state index >= 15 is 0 Å². The van der Waals surface area contributed by atoms with Gasteiger partial charge in [-0.05, 0) is 12.8 Å². The van der Waals surface area contributed by atoms with E-state index in [2.05, 4.69) is 5.32 Å². The number of carbonyl (C=O) groups excluding carboxylic acids is 1. The van der Waals surface area contributed by atoms with Gasteiger partial charge in [0.25, 0.3) is 0 Å². The molecule has 0 fully saturated rings. The Kier molecular flexibility index (Phi) is 7.31. The van der Waals surface area contributed by atoms with Gasteiger partial charge in [0.05, 0.1) is 0 Å². The predicted octanol–water partition coefficient (Wildman–Crippen LogP) is -0.422. The molecule has 0 spiro atoms. The molecule has 0 aromatic heterocycles. The van der Waals surface area contributed by atoms with Gasteiger partial charge in [-0.15, -0.1) is 0 Å². The van der Waals surface area contributed by atoms with Gasteiger partial charge in [-0.3, -0.25) is 0 Å². The highest BCUT2D eigenvalue weighted by molar-refractivity contribution is 6.60. The zero-order valence-corrected chi connectivity index (χ0v) is 10.4. The number of amides is 1. The van der Waals surface area contributed by atoms with Crippen LogP contribution in [0.25, 0.3) is 0 Å². The minimum Gasteiger partial charge on any atom is -0.530 e. The second-order valence-corrected chi connectivity index (χ2v) is 6.06. The molecule has 90 valence electrons. The van der Waals surface area contributed by atoms with Crippen LogP contribution in [0.5, 0.6) is 0 Å². The highest BCUT2D eigenvalue weighted by Crippen LogP contribution is 2.15. The van der Waals surface area contributed by atoms with Crippen LogP contribution in [0, 0.1) is 0 Å². The minimum atomic E-state index is -2.49. The zero-order valence-electron chi connectivity index (χ0n) is 9.37. The standard InChI is InChI=1S/C8H19NO5Si/c1-12-15(13-2,14-3)7-5-4-6-9-8(10)11/h9H,4-7H2,1-3H3,(H,10,11)/p-1. The summed E-state index contributed by atoms with van der Waals surface area (Å²) in [6, 6.07) is 0.672. The topological polar surface area (TPSA) is 79.9 Å². The maximum Gasteiger partial charge on any atom is 0.500 e. The van der Waals surface area contributed by atoms with E-state index in [1.807, 2.05) is 0 Å². The van der Waals surface area contributed by atoms with Gasteiger partial charge in [0.1, 0.15) is 6.09 Å². The summed E-state index contributed by atoms with van der Waals surface area (Å²) >= 11 is 0. The Hall–Kier alpha value is -0.633. The molecule has 0 rings (SSSR count). The van der Waals surface area contributed by atoms with Crippen LogP contribution in [0.3, 0.4) is 0 Å². The first-order valence-electron chi connectivity index (χ1n) is 4.70. The molecule has 7 heteroatoms. The Morgan fingerprint density at radius 2 is 1.73 bits per heavy atom. The monoisotopic (exact) mass is 236 g/mol. The summed E-state index contributed by atoms with van der Waals surface area (Å²) in [5.41, 5.74) is 0. The molecule has 0 saturated heterocycles. The van der Waals surface area contributed by atoms with E-state index < -0.39 is 14.9 Å². The van der Waals surface area contributed by atoms with E-state index in [1.165, 1.54) is 0 Å². The van der Waals surface area contributed by atoms with Crippen molar-refractivity contribution in [3.63, 3.8) is 0 Å². The fourth-order valence-electron chi connectivity index (χ4n) is 1.21. The van der Waals surface area contributed by atoms with Gasteiger partial charge in [-0.25, -0.2) is 0 Å². The van der Waals surface area contributed by atoms with Crippen LogP contribution in [0.4, 0.5) is 4.79 Å². The molecule has 1 amide bonds. The highest BCUT2D eigenvalue weighted by Gasteiger charge is 2.36. The smallest absolute Gasteiger partial charge is 0.500 e. The van der Waals surface area contributed by atoms with Crippen molar-refractivity contribution in [3.8, 4) is 0 Å². The molecule has 0 bridgehead atoms. The molecule has 0 heterocycles. The summed E-state index contributed by atoms with van der Waals surface area (Å²) in [5.74, 6) is 0. The normalized spacial score (nSPS) is 11.4. The quantitative estimate of drug-likeness (QED) is 0.457. The number of rotatable bonds is 8. The molecular formula is C8H18NO5Si-. The lowest BCUT2D eigenvalue weighted by Gasteiger charge is -2.24. The maximum absolute atomic E-state index is 10.0. The lowest BCUT2D eigenvalue weighted by Crippen LogP contribution is -2.42. The number of carboxylic acid groups (broad SMARTS) is 1. The van der Waals surface area contributed by atoms with Gasteiger partial charge in [-0.2, -0.15) is 0 Å². The van der Waals surface area contributed by atoms with Gasteiger partial charge in [-0.1, -0.05) is 0 Å².